The van der Waals surface area contributed by atoms with E-state index in [0.717, 1.165) is 11.1 Å². The molecule has 0 aliphatic carbocycles. The third-order valence-electron chi connectivity index (χ3n) is 3.56. The predicted molar refractivity (Wildman–Crippen MR) is 96.2 cm³/mol. The Kier molecular flexibility index (Phi) is 5.68. The lowest BCUT2D eigenvalue weighted by atomic mass is 10.1. The van der Waals surface area contributed by atoms with Crippen LogP contribution in [0, 0.1) is 0 Å². The molecule has 0 bridgehead atoms. The first-order chi connectivity index (χ1) is 13.2. The van der Waals surface area contributed by atoms with Gasteiger partial charge in [0.05, 0.1) is 19.2 Å². The lowest BCUT2D eigenvalue weighted by Crippen LogP contribution is -2.20. The topological polar surface area (TPSA) is 107 Å². The van der Waals surface area contributed by atoms with E-state index in [0.29, 0.717) is 11.4 Å². The molecule has 0 saturated heterocycles. The molecule has 0 aliphatic heterocycles. The Morgan fingerprint density at radius 3 is 2.74 bits per heavy atom. The summed E-state index contributed by atoms with van der Waals surface area (Å²) in [5, 5.41) is 6.52. The average Bonchev–Trinajstić information content (AvgIpc) is 3.20. The second-order valence-electron chi connectivity index (χ2n) is 5.42. The van der Waals surface area contributed by atoms with Crippen molar-refractivity contribution in [1.29, 1.82) is 0 Å². The number of esters is 1. The largest absolute Gasteiger partial charge is 0.465 e. The molecule has 1 aromatic carbocycles. The second-order valence-corrected chi connectivity index (χ2v) is 5.42. The molecule has 8 nitrogen and oxygen atoms in total. The number of ether oxygens (including phenoxy) is 1. The van der Waals surface area contributed by atoms with E-state index in [2.05, 4.69) is 25.2 Å². The molecule has 136 valence electrons. The van der Waals surface area contributed by atoms with Gasteiger partial charge in [-0.05, 0) is 35.9 Å². The van der Waals surface area contributed by atoms with Crippen molar-refractivity contribution in [2.45, 2.75) is 6.54 Å². The summed E-state index contributed by atoms with van der Waals surface area (Å²) < 4.78 is 9.74. The van der Waals surface area contributed by atoms with Gasteiger partial charge in [-0.2, -0.15) is 4.98 Å². The molecule has 3 aromatic rings. The van der Waals surface area contributed by atoms with Crippen molar-refractivity contribution < 1.29 is 18.8 Å². The maximum atomic E-state index is 11.9. The van der Waals surface area contributed by atoms with Crippen molar-refractivity contribution in [2.75, 3.05) is 7.11 Å². The minimum absolute atomic E-state index is 0.109. The van der Waals surface area contributed by atoms with Crippen LogP contribution in [0.2, 0.25) is 0 Å². The number of amides is 1. The van der Waals surface area contributed by atoms with Crippen molar-refractivity contribution in [3.63, 3.8) is 0 Å². The Bertz CT molecular complexity index is 949. The van der Waals surface area contributed by atoms with Gasteiger partial charge in [0.25, 0.3) is 0 Å². The van der Waals surface area contributed by atoms with Crippen LogP contribution in [0.25, 0.3) is 17.5 Å². The van der Waals surface area contributed by atoms with Crippen LogP contribution >= 0.6 is 0 Å². The van der Waals surface area contributed by atoms with Gasteiger partial charge in [-0.1, -0.05) is 17.3 Å². The standard InChI is InChI=1S/C19H16N4O4/c1-26-19(25)14-7-4-13(5-8-14)6-9-16(24)21-12-17-22-18(23-27-17)15-3-2-10-20-11-15/h2-11H,12H2,1H3,(H,21,24). The third-order valence-corrected chi connectivity index (χ3v) is 3.56. The molecular formula is C19H16N4O4. The van der Waals surface area contributed by atoms with E-state index in [9.17, 15) is 9.59 Å². The molecule has 3 rings (SSSR count). The van der Waals surface area contributed by atoms with Gasteiger partial charge in [0.2, 0.25) is 17.6 Å². The van der Waals surface area contributed by atoms with Gasteiger partial charge in [-0.3, -0.25) is 9.78 Å². The summed E-state index contributed by atoms with van der Waals surface area (Å²) in [6.45, 7) is 0.109. The molecule has 0 saturated carbocycles. The summed E-state index contributed by atoms with van der Waals surface area (Å²) in [5.74, 6) is -0.0201. The van der Waals surface area contributed by atoms with Crippen LogP contribution in [-0.2, 0) is 16.1 Å². The minimum atomic E-state index is -0.409. The molecule has 0 atom stereocenters. The Hall–Kier alpha value is -3.81. The van der Waals surface area contributed by atoms with Crippen molar-refractivity contribution in [3.05, 3.63) is 71.9 Å². The van der Waals surface area contributed by atoms with E-state index in [1.165, 1.54) is 13.2 Å². The fraction of sp³-hybridized carbons (Fsp3) is 0.105. The van der Waals surface area contributed by atoms with Crippen LogP contribution in [0.4, 0.5) is 0 Å². The number of aromatic nitrogens is 3. The Balaban J connectivity index is 1.53. The molecule has 0 aliphatic rings. The second kappa shape index (κ2) is 8.52. The first-order valence-corrected chi connectivity index (χ1v) is 8.03. The SMILES string of the molecule is COC(=O)c1ccc(C=CC(=O)NCc2nc(-c3cccnc3)no2)cc1. The number of pyridine rings is 1. The molecule has 2 heterocycles. The lowest BCUT2D eigenvalue weighted by Gasteiger charge is -2.00. The predicted octanol–water partition coefficient (Wildman–Crippen LogP) is 2.25. The number of rotatable bonds is 6. The molecule has 0 unspecified atom stereocenters. The van der Waals surface area contributed by atoms with Gasteiger partial charge < -0.3 is 14.6 Å². The molecule has 8 heteroatoms. The zero-order valence-corrected chi connectivity index (χ0v) is 14.5. The van der Waals surface area contributed by atoms with Crippen molar-refractivity contribution in [2.24, 2.45) is 0 Å². The number of methoxy groups -OCH3 is 1. The Morgan fingerprint density at radius 2 is 2.04 bits per heavy atom. The van der Waals surface area contributed by atoms with Crippen LogP contribution in [0.5, 0.6) is 0 Å². The number of hydrogen-bond acceptors (Lipinski definition) is 7. The highest BCUT2D eigenvalue weighted by molar-refractivity contribution is 5.92. The van der Waals surface area contributed by atoms with E-state index in [4.69, 9.17) is 4.52 Å². The van der Waals surface area contributed by atoms with Crippen molar-refractivity contribution in [1.82, 2.24) is 20.4 Å². The van der Waals surface area contributed by atoms with E-state index in [1.807, 2.05) is 6.07 Å². The first-order valence-electron chi connectivity index (χ1n) is 8.03. The molecule has 1 N–H and O–H groups in total. The van der Waals surface area contributed by atoms with E-state index in [-0.39, 0.29) is 18.3 Å². The van der Waals surface area contributed by atoms with E-state index < -0.39 is 5.97 Å². The van der Waals surface area contributed by atoms with Gasteiger partial charge in [-0.15, -0.1) is 0 Å². The fourth-order valence-corrected chi connectivity index (χ4v) is 2.18. The normalized spacial score (nSPS) is 10.7. The van der Waals surface area contributed by atoms with Crippen LogP contribution in [-0.4, -0.2) is 34.1 Å². The highest BCUT2D eigenvalue weighted by atomic mass is 16.5. The highest BCUT2D eigenvalue weighted by Gasteiger charge is 2.09. The van der Waals surface area contributed by atoms with Crippen LogP contribution in [0.1, 0.15) is 21.8 Å². The van der Waals surface area contributed by atoms with Crippen LogP contribution in [0.3, 0.4) is 0 Å². The van der Waals surface area contributed by atoms with E-state index in [1.54, 1.807) is 48.8 Å². The molecule has 0 spiro atoms. The molecule has 1 amide bonds. The Morgan fingerprint density at radius 1 is 1.22 bits per heavy atom. The molecule has 2 aromatic heterocycles. The van der Waals surface area contributed by atoms with Crippen LogP contribution in [0.15, 0.2) is 59.4 Å². The number of carbonyl (C=O) groups is 2. The van der Waals surface area contributed by atoms with Gasteiger partial charge in [0.1, 0.15) is 0 Å². The van der Waals surface area contributed by atoms with Gasteiger partial charge in [0.15, 0.2) is 0 Å². The van der Waals surface area contributed by atoms with Gasteiger partial charge in [-0.25, -0.2) is 4.79 Å². The molecule has 0 fully saturated rings. The van der Waals surface area contributed by atoms with Crippen molar-refractivity contribution >= 4 is 18.0 Å². The summed E-state index contributed by atoms with van der Waals surface area (Å²) in [6, 6.07) is 10.3. The number of benzene rings is 1. The smallest absolute Gasteiger partial charge is 0.337 e. The van der Waals surface area contributed by atoms with Crippen molar-refractivity contribution in [3.8, 4) is 11.4 Å². The summed E-state index contributed by atoms with van der Waals surface area (Å²) >= 11 is 0. The first kappa shape index (κ1) is 18.0. The van der Waals surface area contributed by atoms with Gasteiger partial charge >= 0.3 is 5.97 Å². The zero-order valence-electron chi connectivity index (χ0n) is 14.5. The third kappa shape index (κ3) is 4.85. The lowest BCUT2D eigenvalue weighted by molar-refractivity contribution is -0.116. The number of nitrogens with one attached hydrogen (secondary N) is 1. The summed E-state index contributed by atoms with van der Waals surface area (Å²) in [6.07, 6.45) is 6.29. The average molecular weight is 364 g/mol. The molecule has 0 radical (unpaired) electrons. The number of nitrogens with zero attached hydrogens (tertiary/aromatic N) is 3. The molecular weight excluding hydrogens is 348 g/mol. The summed E-state index contributed by atoms with van der Waals surface area (Å²) in [7, 11) is 1.32. The number of carbonyl (C=O) groups excluding carboxylic acids is 2. The minimum Gasteiger partial charge on any atom is -0.465 e. The summed E-state index contributed by atoms with van der Waals surface area (Å²) in [4.78, 5) is 31.5. The summed E-state index contributed by atoms with van der Waals surface area (Å²) in [5.41, 5.74) is 1.95. The number of hydrogen-bond donors (Lipinski definition) is 1. The van der Waals surface area contributed by atoms with Crippen LogP contribution < -0.4 is 5.32 Å². The maximum Gasteiger partial charge on any atom is 0.337 e. The fourth-order valence-electron chi connectivity index (χ4n) is 2.18. The maximum absolute atomic E-state index is 11.9. The quantitative estimate of drug-likeness (QED) is 0.528. The highest BCUT2D eigenvalue weighted by Crippen LogP contribution is 2.13. The van der Waals surface area contributed by atoms with Gasteiger partial charge in [0, 0.05) is 24.0 Å². The monoisotopic (exact) mass is 364 g/mol. The zero-order chi connectivity index (χ0) is 19.1. The molecule has 27 heavy (non-hydrogen) atoms. The Labute approximate surface area is 154 Å². The van der Waals surface area contributed by atoms with E-state index >= 15 is 0 Å².